The van der Waals surface area contributed by atoms with E-state index in [1.54, 1.807) is 0 Å². The Morgan fingerprint density at radius 3 is 2.25 bits per heavy atom. The quantitative estimate of drug-likeness (QED) is 0.560. The van der Waals surface area contributed by atoms with Crippen LogP contribution in [0, 0.1) is 5.92 Å². The summed E-state index contributed by atoms with van der Waals surface area (Å²) in [4.78, 5) is 16.6. The molecule has 0 heterocycles. The zero-order valence-corrected chi connectivity index (χ0v) is 8.07. The summed E-state index contributed by atoms with van der Waals surface area (Å²) in [6.07, 6.45) is -0.336. The largest absolute Gasteiger partial charge is 0.469 e. The highest BCUT2D eigenvalue weighted by atomic mass is 31.2. The third-order valence-corrected chi connectivity index (χ3v) is 1.66. The molecule has 0 saturated carbocycles. The van der Waals surface area contributed by atoms with Gasteiger partial charge in [0, 0.05) is 0 Å². The lowest BCUT2D eigenvalue weighted by molar-refractivity contribution is 0.0708. The molecular weight excluding hydrogens is 183 g/mol. The molecular formula is C6H15O5P. The summed E-state index contributed by atoms with van der Waals surface area (Å²) >= 11 is 0. The van der Waals surface area contributed by atoms with Crippen molar-refractivity contribution >= 4 is 7.82 Å². The van der Waals surface area contributed by atoms with Crippen molar-refractivity contribution in [2.75, 3.05) is 6.61 Å². The number of hydrogen-bond acceptors (Lipinski definition) is 3. The Morgan fingerprint density at radius 1 is 1.42 bits per heavy atom. The van der Waals surface area contributed by atoms with E-state index in [0.29, 0.717) is 6.42 Å². The lowest BCUT2D eigenvalue weighted by Gasteiger charge is -2.13. The van der Waals surface area contributed by atoms with Crippen LogP contribution in [0.2, 0.25) is 0 Å². The van der Waals surface area contributed by atoms with E-state index < -0.39 is 13.9 Å². The normalized spacial score (nSPS) is 15.2. The van der Waals surface area contributed by atoms with E-state index >= 15 is 0 Å². The van der Waals surface area contributed by atoms with Crippen LogP contribution in [0.5, 0.6) is 0 Å². The summed E-state index contributed by atoms with van der Waals surface area (Å²) in [6.45, 7) is 3.49. The van der Waals surface area contributed by atoms with Gasteiger partial charge in [0.15, 0.2) is 0 Å². The number of rotatable bonds is 5. The molecule has 12 heavy (non-hydrogen) atoms. The molecule has 74 valence electrons. The topological polar surface area (TPSA) is 87.0 Å². The smallest absolute Gasteiger partial charge is 0.391 e. The van der Waals surface area contributed by atoms with E-state index in [1.165, 1.54) is 0 Å². The summed E-state index contributed by atoms with van der Waals surface area (Å²) in [6, 6.07) is 0. The average Bonchev–Trinajstić information content (AvgIpc) is 1.80. The zero-order chi connectivity index (χ0) is 9.78. The van der Waals surface area contributed by atoms with Gasteiger partial charge < -0.3 is 14.9 Å². The van der Waals surface area contributed by atoms with Crippen LogP contribution in [0.25, 0.3) is 0 Å². The van der Waals surface area contributed by atoms with Gasteiger partial charge in [-0.25, -0.2) is 4.57 Å². The monoisotopic (exact) mass is 198 g/mol. The summed E-state index contributed by atoms with van der Waals surface area (Å²) in [5.41, 5.74) is 0. The highest BCUT2D eigenvalue weighted by Crippen LogP contribution is 2.35. The molecule has 0 saturated heterocycles. The highest BCUT2D eigenvalue weighted by molar-refractivity contribution is 7.46. The molecule has 0 spiro atoms. The molecule has 0 aliphatic carbocycles. The maximum absolute atomic E-state index is 10.2. The molecule has 0 aromatic rings. The van der Waals surface area contributed by atoms with Crippen molar-refractivity contribution in [3.63, 3.8) is 0 Å². The Hall–Kier alpha value is 0.0700. The fourth-order valence-corrected chi connectivity index (χ4v) is 1.16. The molecule has 0 aliphatic heterocycles. The fourth-order valence-electron chi connectivity index (χ4n) is 0.795. The highest BCUT2D eigenvalue weighted by Gasteiger charge is 2.17. The van der Waals surface area contributed by atoms with Crippen LogP contribution in [-0.2, 0) is 9.09 Å². The maximum atomic E-state index is 10.2. The van der Waals surface area contributed by atoms with Crippen LogP contribution < -0.4 is 0 Å². The third-order valence-electron chi connectivity index (χ3n) is 1.18. The first-order valence-corrected chi connectivity index (χ1v) is 5.22. The van der Waals surface area contributed by atoms with Crippen LogP contribution in [0.4, 0.5) is 0 Å². The summed E-state index contributed by atoms with van der Waals surface area (Å²) < 4.78 is 14.3. The van der Waals surface area contributed by atoms with E-state index in [9.17, 15) is 4.57 Å². The van der Waals surface area contributed by atoms with Gasteiger partial charge in [-0.05, 0) is 12.3 Å². The van der Waals surface area contributed by atoms with Gasteiger partial charge in [-0.15, -0.1) is 0 Å². The summed E-state index contributed by atoms with van der Waals surface area (Å²) in [7, 11) is -4.42. The molecule has 5 nitrogen and oxygen atoms in total. The van der Waals surface area contributed by atoms with Crippen molar-refractivity contribution < 1.29 is 24.0 Å². The maximum Gasteiger partial charge on any atom is 0.469 e. The molecule has 1 unspecified atom stereocenters. The first kappa shape index (κ1) is 12.1. The van der Waals surface area contributed by atoms with E-state index in [2.05, 4.69) is 4.52 Å². The Balaban J connectivity index is 3.58. The minimum absolute atomic E-state index is 0.278. The second kappa shape index (κ2) is 4.94. The van der Waals surface area contributed by atoms with Gasteiger partial charge in [-0.3, -0.25) is 4.52 Å². The zero-order valence-electron chi connectivity index (χ0n) is 7.17. The van der Waals surface area contributed by atoms with Crippen molar-refractivity contribution in [2.45, 2.75) is 26.4 Å². The van der Waals surface area contributed by atoms with E-state index in [0.717, 1.165) is 0 Å². The van der Waals surface area contributed by atoms with Gasteiger partial charge in [0.2, 0.25) is 0 Å². The van der Waals surface area contributed by atoms with Crippen LogP contribution >= 0.6 is 7.82 Å². The molecule has 0 fully saturated rings. The second-order valence-electron chi connectivity index (χ2n) is 3.07. The van der Waals surface area contributed by atoms with Crippen molar-refractivity contribution in [1.29, 1.82) is 0 Å². The molecule has 3 N–H and O–H groups in total. The van der Waals surface area contributed by atoms with Crippen molar-refractivity contribution in [3.8, 4) is 0 Å². The van der Waals surface area contributed by atoms with Crippen molar-refractivity contribution in [3.05, 3.63) is 0 Å². The second-order valence-corrected chi connectivity index (χ2v) is 4.31. The van der Waals surface area contributed by atoms with Gasteiger partial charge in [-0.1, -0.05) is 13.8 Å². The molecule has 0 radical (unpaired) electrons. The van der Waals surface area contributed by atoms with E-state index in [-0.39, 0.29) is 12.5 Å². The first-order valence-electron chi connectivity index (χ1n) is 3.69. The van der Waals surface area contributed by atoms with Crippen LogP contribution in [0.1, 0.15) is 20.3 Å². The number of phosphoric acid groups is 1. The molecule has 0 bridgehead atoms. The van der Waals surface area contributed by atoms with E-state index in [4.69, 9.17) is 14.9 Å². The van der Waals surface area contributed by atoms with Gasteiger partial charge in [0.25, 0.3) is 0 Å². The molecule has 0 aliphatic rings. The molecule has 0 aromatic heterocycles. The molecule has 0 rings (SSSR count). The van der Waals surface area contributed by atoms with Crippen molar-refractivity contribution in [2.24, 2.45) is 5.92 Å². The minimum Gasteiger partial charge on any atom is -0.391 e. The lowest BCUT2D eigenvalue weighted by Crippen LogP contribution is -2.16. The number of aliphatic hydroxyl groups excluding tert-OH is 1. The summed E-state index contributed by atoms with van der Waals surface area (Å²) in [5, 5.41) is 9.11. The third kappa shape index (κ3) is 8.17. The fraction of sp³-hybridized carbons (Fsp3) is 1.00. The first-order chi connectivity index (χ1) is 5.31. The predicted molar refractivity (Wildman–Crippen MR) is 43.5 cm³/mol. The standard InChI is InChI=1S/C6H15O5P/c1-5(2)3-6(7)4-11-12(8,9)10/h5-7H,3-4H2,1-2H3,(H2,8,9,10). The minimum atomic E-state index is -4.42. The Morgan fingerprint density at radius 2 is 1.92 bits per heavy atom. The SMILES string of the molecule is CC(C)CC(O)COP(=O)(O)O. The van der Waals surface area contributed by atoms with Gasteiger partial charge in [0.1, 0.15) is 0 Å². The Labute approximate surface area is 71.6 Å². The Bertz CT molecular complexity index is 163. The van der Waals surface area contributed by atoms with E-state index in [1.807, 2.05) is 13.8 Å². The molecule has 0 amide bonds. The van der Waals surface area contributed by atoms with Crippen LogP contribution in [-0.4, -0.2) is 27.6 Å². The van der Waals surface area contributed by atoms with Gasteiger partial charge in [0.05, 0.1) is 12.7 Å². The lowest BCUT2D eigenvalue weighted by atomic mass is 10.1. The average molecular weight is 198 g/mol. The van der Waals surface area contributed by atoms with Crippen LogP contribution in [0.3, 0.4) is 0 Å². The van der Waals surface area contributed by atoms with Crippen molar-refractivity contribution in [1.82, 2.24) is 0 Å². The molecule has 1 atom stereocenters. The van der Waals surface area contributed by atoms with Gasteiger partial charge in [-0.2, -0.15) is 0 Å². The number of hydrogen-bond donors (Lipinski definition) is 3. The predicted octanol–water partition coefficient (Wildman–Crippen LogP) is 0.503. The molecule has 6 heteroatoms. The van der Waals surface area contributed by atoms with Crippen LogP contribution in [0.15, 0.2) is 0 Å². The van der Waals surface area contributed by atoms with Gasteiger partial charge >= 0.3 is 7.82 Å². The number of aliphatic hydroxyl groups is 1. The number of phosphoric ester groups is 1. The summed E-state index contributed by atoms with van der Waals surface area (Å²) in [5.74, 6) is 0.278. The Kier molecular flexibility index (Phi) is 4.97. The molecule has 0 aromatic carbocycles.